The van der Waals surface area contributed by atoms with E-state index in [0.29, 0.717) is 5.84 Å². The molecular formula is C6H14N2. The molecule has 0 saturated carbocycles. The first-order chi connectivity index (χ1) is 3.77. The van der Waals surface area contributed by atoms with Gasteiger partial charge in [-0.05, 0) is 6.42 Å². The van der Waals surface area contributed by atoms with E-state index < -0.39 is 0 Å². The van der Waals surface area contributed by atoms with Crippen molar-refractivity contribution in [2.75, 3.05) is 0 Å². The normalized spacial score (nSPS) is 9.12. The fourth-order valence-corrected chi connectivity index (χ4v) is 0.565. The van der Waals surface area contributed by atoms with Crippen LogP contribution in [0.25, 0.3) is 0 Å². The van der Waals surface area contributed by atoms with Crippen LogP contribution in [0.4, 0.5) is 0 Å². The molecule has 48 valence electrons. The maximum Gasteiger partial charge on any atom is 0.0905 e. The lowest BCUT2D eigenvalue weighted by molar-refractivity contribution is 0.738. The van der Waals surface area contributed by atoms with E-state index in [2.05, 4.69) is 6.92 Å². The van der Waals surface area contributed by atoms with Crippen molar-refractivity contribution in [2.24, 2.45) is 5.73 Å². The van der Waals surface area contributed by atoms with Crippen LogP contribution in [-0.4, -0.2) is 5.84 Å². The van der Waals surface area contributed by atoms with Crippen molar-refractivity contribution in [3.63, 3.8) is 0 Å². The number of hydrogen-bond donors (Lipinski definition) is 2. The Hall–Kier alpha value is -0.530. The molecule has 0 aromatic rings. The van der Waals surface area contributed by atoms with Crippen molar-refractivity contribution in [1.29, 1.82) is 5.41 Å². The van der Waals surface area contributed by atoms with Crippen LogP contribution < -0.4 is 5.73 Å². The Kier molecular flexibility index (Phi) is 4.32. The molecule has 0 atom stereocenters. The Morgan fingerprint density at radius 3 is 2.50 bits per heavy atom. The van der Waals surface area contributed by atoms with Gasteiger partial charge >= 0.3 is 0 Å². The second-order valence-corrected chi connectivity index (χ2v) is 1.98. The van der Waals surface area contributed by atoms with E-state index in [1.165, 1.54) is 12.8 Å². The summed E-state index contributed by atoms with van der Waals surface area (Å²) >= 11 is 0. The van der Waals surface area contributed by atoms with Gasteiger partial charge in [-0.2, -0.15) is 0 Å². The van der Waals surface area contributed by atoms with Crippen LogP contribution in [0, 0.1) is 5.41 Å². The molecule has 0 aliphatic heterocycles. The van der Waals surface area contributed by atoms with Crippen molar-refractivity contribution in [2.45, 2.75) is 32.6 Å². The fraction of sp³-hybridized carbons (Fsp3) is 0.833. The minimum absolute atomic E-state index is 0.318. The molecule has 0 radical (unpaired) electrons. The van der Waals surface area contributed by atoms with E-state index >= 15 is 0 Å². The average molecular weight is 114 g/mol. The van der Waals surface area contributed by atoms with Crippen LogP contribution in [-0.2, 0) is 0 Å². The summed E-state index contributed by atoms with van der Waals surface area (Å²) in [4.78, 5) is 0. The Labute approximate surface area is 50.6 Å². The number of nitrogens with two attached hydrogens (primary N) is 1. The molecule has 0 fully saturated rings. The molecule has 0 aromatic carbocycles. The summed E-state index contributed by atoms with van der Waals surface area (Å²) < 4.78 is 0. The highest BCUT2D eigenvalue weighted by Gasteiger charge is 1.86. The van der Waals surface area contributed by atoms with Gasteiger partial charge in [-0.3, -0.25) is 5.41 Å². The maximum absolute atomic E-state index is 6.85. The quantitative estimate of drug-likeness (QED) is 0.325. The van der Waals surface area contributed by atoms with Crippen molar-refractivity contribution >= 4 is 5.84 Å². The summed E-state index contributed by atoms with van der Waals surface area (Å²) in [5.74, 6) is 0.318. The van der Waals surface area contributed by atoms with E-state index in [1.807, 2.05) is 0 Å². The third-order valence-corrected chi connectivity index (χ3v) is 1.05. The van der Waals surface area contributed by atoms with Gasteiger partial charge in [0, 0.05) is 6.42 Å². The van der Waals surface area contributed by atoms with Crippen molar-refractivity contribution < 1.29 is 0 Å². The molecule has 2 nitrogen and oxygen atoms in total. The number of nitrogens with one attached hydrogen (secondary N) is 1. The molecule has 0 bridgehead atoms. The van der Waals surface area contributed by atoms with E-state index in [9.17, 15) is 0 Å². The topological polar surface area (TPSA) is 49.9 Å². The molecule has 0 saturated heterocycles. The predicted octanol–water partition coefficient (Wildman–Crippen LogP) is 1.50. The van der Waals surface area contributed by atoms with Crippen LogP contribution in [0.2, 0.25) is 0 Å². The monoisotopic (exact) mass is 114 g/mol. The van der Waals surface area contributed by atoms with Gasteiger partial charge in [0.1, 0.15) is 0 Å². The zero-order valence-corrected chi connectivity index (χ0v) is 5.41. The van der Waals surface area contributed by atoms with Gasteiger partial charge in [-0.1, -0.05) is 19.8 Å². The van der Waals surface area contributed by atoms with Crippen LogP contribution >= 0.6 is 0 Å². The Balaban J connectivity index is 2.82. The lowest BCUT2D eigenvalue weighted by Gasteiger charge is -1.93. The summed E-state index contributed by atoms with van der Waals surface area (Å²) in [5, 5.41) is 6.85. The molecule has 8 heavy (non-hydrogen) atoms. The lowest BCUT2D eigenvalue weighted by Crippen LogP contribution is -2.08. The summed E-state index contributed by atoms with van der Waals surface area (Å²) in [6.07, 6.45) is 4.24. The zero-order valence-electron chi connectivity index (χ0n) is 5.41. The van der Waals surface area contributed by atoms with Crippen molar-refractivity contribution in [1.82, 2.24) is 0 Å². The molecule has 3 N–H and O–H groups in total. The molecule has 0 heterocycles. The first kappa shape index (κ1) is 7.47. The van der Waals surface area contributed by atoms with Gasteiger partial charge in [-0.25, -0.2) is 0 Å². The Morgan fingerprint density at radius 1 is 1.50 bits per heavy atom. The Bertz CT molecular complexity index is 68.9. The molecule has 0 aliphatic carbocycles. The van der Waals surface area contributed by atoms with Gasteiger partial charge in [0.15, 0.2) is 0 Å². The highest BCUT2D eigenvalue weighted by atomic mass is 14.7. The van der Waals surface area contributed by atoms with E-state index in [4.69, 9.17) is 11.1 Å². The van der Waals surface area contributed by atoms with Crippen LogP contribution in [0.1, 0.15) is 32.6 Å². The molecule has 0 rings (SSSR count). The van der Waals surface area contributed by atoms with Gasteiger partial charge in [-0.15, -0.1) is 0 Å². The smallest absolute Gasteiger partial charge is 0.0905 e. The fourth-order valence-electron chi connectivity index (χ4n) is 0.565. The first-order valence-corrected chi connectivity index (χ1v) is 3.10. The molecule has 0 spiro atoms. The molecule has 0 unspecified atom stereocenters. The first-order valence-electron chi connectivity index (χ1n) is 3.10. The van der Waals surface area contributed by atoms with E-state index in [-0.39, 0.29) is 0 Å². The summed E-state index contributed by atoms with van der Waals surface area (Å²) in [7, 11) is 0. The summed E-state index contributed by atoms with van der Waals surface area (Å²) in [5.41, 5.74) is 5.12. The van der Waals surface area contributed by atoms with Gasteiger partial charge in [0.05, 0.1) is 5.84 Å². The van der Waals surface area contributed by atoms with Gasteiger partial charge in [0.25, 0.3) is 0 Å². The lowest BCUT2D eigenvalue weighted by atomic mass is 10.2. The molecule has 2 heteroatoms. The van der Waals surface area contributed by atoms with E-state index in [1.54, 1.807) is 0 Å². The highest BCUT2D eigenvalue weighted by molar-refractivity contribution is 5.76. The maximum atomic E-state index is 6.85. The van der Waals surface area contributed by atoms with Gasteiger partial charge < -0.3 is 5.73 Å². The molecule has 0 aromatic heterocycles. The molecule has 0 amide bonds. The largest absolute Gasteiger partial charge is 0.388 e. The number of unbranched alkanes of at least 4 members (excludes halogenated alkanes) is 2. The molecule has 0 aliphatic rings. The van der Waals surface area contributed by atoms with Crippen molar-refractivity contribution in [3.05, 3.63) is 0 Å². The van der Waals surface area contributed by atoms with Crippen LogP contribution in [0.3, 0.4) is 0 Å². The standard InChI is InChI=1S/C6H14N2/c1-2-3-4-5-6(7)8/h2-5H2,1H3,(H3,7,8). The zero-order chi connectivity index (χ0) is 6.41. The average Bonchev–Trinajstić information content (AvgIpc) is 1.66. The van der Waals surface area contributed by atoms with E-state index in [0.717, 1.165) is 12.8 Å². The third-order valence-electron chi connectivity index (χ3n) is 1.05. The van der Waals surface area contributed by atoms with Crippen molar-refractivity contribution in [3.8, 4) is 0 Å². The Morgan fingerprint density at radius 2 is 2.12 bits per heavy atom. The summed E-state index contributed by atoms with van der Waals surface area (Å²) in [6.45, 7) is 2.14. The minimum atomic E-state index is 0.318. The summed E-state index contributed by atoms with van der Waals surface area (Å²) in [6, 6.07) is 0. The number of amidine groups is 1. The second-order valence-electron chi connectivity index (χ2n) is 1.98. The second kappa shape index (κ2) is 4.62. The predicted molar refractivity (Wildman–Crippen MR) is 36.1 cm³/mol. The minimum Gasteiger partial charge on any atom is -0.388 e. The van der Waals surface area contributed by atoms with Crippen LogP contribution in [0.15, 0.2) is 0 Å². The third kappa shape index (κ3) is 5.47. The highest BCUT2D eigenvalue weighted by Crippen LogP contribution is 1.96. The van der Waals surface area contributed by atoms with Gasteiger partial charge in [0.2, 0.25) is 0 Å². The number of rotatable bonds is 4. The van der Waals surface area contributed by atoms with Crippen LogP contribution in [0.5, 0.6) is 0 Å². The molecular weight excluding hydrogens is 100 g/mol. The SMILES string of the molecule is CCCCCC(=N)N. The number of hydrogen-bond acceptors (Lipinski definition) is 1.